The van der Waals surface area contributed by atoms with E-state index in [2.05, 4.69) is 4.98 Å². The molecule has 92 valence electrons. The van der Waals surface area contributed by atoms with Crippen molar-refractivity contribution in [1.29, 1.82) is 0 Å². The lowest BCUT2D eigenvalue weighted by molar-refractivity contribution is 0.111. The van der Waals surface area contributed by atoms with Crippen LogP contribution in [0.15, 0.2) is 36.4 Å². The molecule has 0 saturated carbocycles. The molecule has 0 aliphatic carbocycles. The van der Waals surface area contributed by atoms with Crippen LogP contribution < -0.4 is 4.74 Å². The Bertz CT molecular complexity index is 552. The highest BCUT2D eigenvalue weighted by Crippen LogP contribution is 2.16. The van der Waals surface area contributed by atoms with Crippen molar-refractivity contribution in [3.8, 4) is 5.75 Å². The van der Waals surface area contributed by atoms with Crippen molar-refractivity contribution in [3.63, 3.8) is 0 Å². The zero-order valence-electron chi connectivity index (χ0n) is 9.89. The number of carbonyl (C=O) groups excluding carboxylic acids is 1. The summed E-state index contributed by atoms with van der Waals surface area (Å²) in [5.74, 6) is 0.143. The van der Waals surface area contributed by atoms with E-state index in [-0.39, 0.29) is 18.1 Å². The van der Waals surface area contributed by atoms with Gasteiger partial charge in [0.1, 0.15) is 23.9 Å². The second-order valence-electron chi connectivity index (χ2n) is 3.87. The number of hydrogen-bond donors (Lipinski definition) is 0. The second kappa shape index (κ2) is 5.40. The van der Waals surface area contributed by atoms with Gasteiger partial charge < -0.3 is 4.74 Å². The van der Waals surface area contributed by atoms with Crippen LogP contribution in [0, 0.1) is 12.7 Å². The van der Waals surface area contributed by atoms with Crippen molar-refractivity contribution >= 4 is 6.29 Å². The van der Waals surface area contributed by atoms with E-state index in [1.54, 1.807) is 31.2 Å². The number of aromatic nitrogens is 1. The van der Waals surface area contributed by atoms with E-state index in [0.717, 1.165) is 11.3 Å². The molecular weight excluding hydrogens is 233 g/mol. The van der Waals surface area contributed by atoms with E-state index in [4.69, 9.17) is 4.74 Å². The molecule has 0 atom stereocenters. The fraction of sp³-hybridized carbons (Fsp3) is 0.143. The van der Waals surface area contributed by atoms with E-state index in [0.29, 0.717) is 12.0 Å². The first kappa shape index (κ1) is 12.2. The molecule has 0 aliphatic heterocycles. The van der Waals surface area contributed by atoms with Gasteiger partial charge in [0.15, 0.2) is 6.29 Å². The normalized spacial score (nSPS) is 10.1. The third kappa shape index (κ3) is 2.91. The number of carbonyl (C=O) groups is 1. The summed E-state index contributed by atoms with van der Waals surface area (Å²) in [6.07, 6.45) is 0.660. The van der Waals surface area contributed by atoms with Gasteiger partial charge in [0, 0.05) is 5.69 Å². The number of aryl methyl sites for hydroxylation is 1. The highest BCUT2D eigenvalue weighted by molar-refractivity contribution is 5.76. The van der Waals surface area contributed by atoms with Gasteiger partial charge in [0.2, 0.25) is 0 Å². The van der Waals surface area contributed by atoms with Gasteiger partial charge in [0.05, 0.1) is 0 Å². The first-order chi connectivity index (χ1) is 8.69. The standard InChI is InChI=1S/C14H12FNO2/c1-10-2-7-14(13(8-17)16-10)18-9-11-3-5-12(15)6-4-11/h2-8H,9H2,1H3. The number of ether oxygens (including phenoxy) is 1. The van der Waals surface area contributed by atoms with Gasteiger partial charge >= 0.3 is 0 Å². The lowest BCUT2D eigenvalue weighted by atomic mass is 10.2. The van der Waals surface area contributed by atoms with E-state index in [1.807, 2.05) is 0 Å². The lowest BCUT2D eigenvalue weighted by Crippen LogP contribution is -2.00. The summed E-state index contributed by atoms with van der Waals surface area (Å²) >= 11 is 0. The summed E-state index contributed by atoms with van der Waals surface area (Å²) in [6, 6.07) is 9.48. The summed E-state index contributed by atoms with van der Waals surface area (Å²) in [4.78, 5) is 14.9. The summed E-state index contributed by atoms with van der Waals surface area (Å²) in [6.45, 7) is 2.07. The van der Waals surface area contributed by atoms with E-state index in [1.165, 1.54) is 12.1 Å². The lowest BCUT2D eigenvalue weighted by Gasteiger charge is -2.08. The van der Waals surface area contributed by atoms with E-state index >= 15 is 0 Å². The molecule has 0 amide bonds. The fourth-order valence-corrected chi connectivity index (χ4v) is 1.51. The minimum atomic E-state index is -0.288. The van der Waals surface area contributed by atoms with E-state index in [9.17, 15) is 9.18 Å². The maximum Gasteiger partial charge on any atom is 0.172 e. The summed E-state index contributed by atoms with van der Waals surface area (Å²) < 4.78 is 18.2. The molecule has 2 aromatic rings. The number of nitrogens with zero attached hydrogens (tertiary/aromatic N) is 1. The molecule has 0 saturated heterocycles. The molecule has 0 unspecified atom stereocenters. The van der Waals surface area contributed by atoms with Crippen LogP contribution in [-0.2, 0) is 6.61 Å². The van der Waals surface area contributed by atoms with Crippen LogP contribution in [0.3, 0.4) is 0 Å². The number of benzene rings is 1. The molecule has 1 aromatic heterocycles. The molecule has 1 aromatic carbocycles. The summed E-state index contributed by atoms with van der Waals surface area (Å²) in [5.41, 5.74) is 1.86. The molecule has 1 heterocycles. The monoisotopic (exact) mass is 245 g/mol. The Morgan fingerprint density at radius 1 is 1.22 bits per heavy atom. The molecule has 0 bridgehead atoms. The van der Waals surface area contributed by atoms with Crippen molar-refractivity contribution < 1.29 is 13.9 Å². The molecule has 18 heavy (non-hydrogen) atoms. The number of halogens is 1. The highest BCUT2D eigenvalue weighted by Gasteiger charge is 2.05. The van der Waals surface area contributed by atoms with Crippen molar-refractivity contribution in [1.82, 2.24) is 4.98 Å². The molecular formula is C14H12FNO2. The molecule has 0 aliphatic rings. The molecule has 0 spiro atoms. The first-order valence-corrected chi connectivity index (χ1v) is 5.49. The minimum absolute atomic E-state index is 0.270. The average molecular weight is 245 g/mol. The number of aldehydes is 1. The van der Waals surface area contributed by atoms with Crippen LogP contribution in [0.4, 0.5) is 4.39 Å². The topological polar surface area (TPSA) is 39.2 Å². The smallest absolute Gasteiger partial charge is 0.172 e. The Labute approximate surface area is 104 Å². The van der Waals surface area contributed by atoms with Gasteiger partial charge in [-0.3, -0.25) is 4.79 Å². The Balaban J connectivity index is 2.10. The molecule has 3 nitrogen and oxygen atoms in total. The highest BCUT2D eigenvalue weighted by atomic mass is 19.1. The Morgan fingerprint density at radius 2 is 1.94 bits per heavy atom. The maximum absolute atomic E-state index is 12.7. The van der Waals surface area contributed by atoms with Crippen LogP contribution >= 0.6 is 0 Å². The minimum Gasteiger partial charge on any atom is -0.487 e. The fourth-order valence-electron chi connectivity index (χ4n) is 1.51. The molecule has 0 radical (unpaired) electrons. The van der Waals surface area contributed by atoms with E-state index < -0.39 is 0 Å². The van der Waals surface area contributed by atoms with Crippen LogP contribution in [-0.4, -0.2) is 11.3 Å². The van der Waals surface area contributed by atoms with Crippen LogP contribution in [0.25, 0.3) is 0 Å². The average Bonchev–Trinajstić information content (AvgIpc) is 2.39. The first-order valence-electron chi connectivity index (χ1n) is 5.49. The summed E-state index contributed by atoms with van der Waals surface area (Å²) in [5, 5.41) is 0. The second-order valence-corrected chi connectivity index (χ2v) is 3.87. The molecule has 4 heteroatoms. The number of hydrogen-bond acceptors (Lipinski definition) is 3. The summed E-state index contributed by atoms with van der Waals surface area (Å²) in [7, 11) is 0. The molecule has 2 rings (SSSR count). The van der Waals surface area contributed by atoms with Gasteiger partial charge in [-0.2, -0.15) is 0 Å². The third-order valence-corrected chi connectivity index (χ3v) is 2.44. The Kier molecular flexibility index (Phi) is 3.67. The van der Waals surface area contributed by atoms with Gasteiger partial charge in [-0.1, -0.05) is 12.1 Å². The van der Waals surface area contributed by atoms with Crippen molar-refractivity contribution in [2.75, 3.05) is 0 Å². The third-order valence-electron chi connectivity index (χ3n) is 2.44. The van der Waals surface area contributed by atoms with Gasteiger partial charge in [-0.25, -0.2) is 9.37 Å². The number of rotatable bonds is 4. The predicted molar refractivity (Wildman–Crippen MR) is 65.1 cm³/mol. The number of pyridine rings is 1. The maximum atomic E-state index is 12.7. The van der Waals surface area contributed by atoms with Crippen molar-refractivity contribution in [2.45, 2.75) is 13.5 Å². The largest absolute Gasteiger partial charge is 0.487 e. The van der Waals surface area contributed by atoms with Crippen LogP contribution in [0.1, 0.15) is 21.7 Å². The van der Waals surface area contributed by atoms with Crippen molar-refractivity contribution in [3.05, 3.63) is 59.2 Å². The Morgan fingerprint density at radius 3 is 2.61 bits per heavy atom. The van der Waals surface area contributed by atoms with Gasteiger partial charge in [0.25, 0.3) is 0 Å². The Hall–Kier alpha value is -2.23. The molecule has 0 N–H and O–H groups in total. The zero-order valence-corrected chi connectivity index (χ0v) is 9.89. The van der Waals surface area contributed by atoms with Gasteiger partial charge in [-0.15, -0.1) is 0 Å². The quantitative estimate of drug-likeness (QED) is 0.777. The molecule has 0 fully saturated rings. The zero-order chi connectivity index (χ0) is 13.0. The van der Waals surface area contributed by atoms with Crippen molar-refractivity contribution in [2.24, 2.45) is 0 Å². The SMILES string of the molecule is Cc1ccc(OCc2ccc(F)cc2)c(C=O)n1. The van der Waals surface area contributed by atoms with Crippen LogP contribution in [0.2, 0.25) is 0 Å². The van der Waals surface area contributed by atoms with Gasteiger partial charge in [-0.05, 0) is 36.8 Å². The predicted octanol–water partition coefficient (Wildman–Crippen LogP) is 2.92. The van der Waals surface area contributed by atoms with Crippen LogP contribution in [0.5, 0.6) is 5.75 Å².